The van der Waals surface area contributed by atoms with E-state index in [-0.39, 0.29) is 0 Å². The van der Waals surface area contributed by atoms with E-state index in [9.17, 15) is 0 Å². The molecule has 0 atom stereocenters. The van der Waals surface area contributed by atoms with Gasteiger partial charge in [-0.1, -0.05) is 127 Å². The summed E-state index contributed by atoms with van der Waals surface area (Å²) in [5.41, 5.74) is 9.33. The molecule has 0 saturated carbocycles. The molecular weight excluding hydrogens is 663 g/mol. The SMILES string of the molecule is c1ccc(-c2nc(-c3ccc(-n4c5ccccc5c5ccccc54)cc3)nc(-c3cccc(-c4nc5oc6ccccc6c5c5ccccc45)c3)n2)cc1. The molecule has 54 heavy (non-hydrogen) atoms. The minimum absolute atomic E-state index is 0.585. The zero-order chi connectivity index (χ0) is 35.6. The highest BCUT2D eigenvalue weighted by Gasteiger charge is 2.18. The Hall–Kier alpha value is -7.44. The summed E-state index contributed by atoms with van der Waals surface area (Å²) in [5, 5.41) is 6.71. The number of para-hydroxylation sites is 3. The van der Waals surface area contributed by atoms with Crippen molar-refractivity contribution in [1.29, 1.82) is 0 Å². The summed E-state index contributed by atoms with van der Waals surface area (Å²) in [6.07, 6.45) is 0. The molecule has 0 radical (unpaired) electrons. The minimum atomic E-state index is 0.585. The molecule has 6 heteroatoms. The molecule has 0 amide bonds. The van der Waals surface area contributed by atoms with E-state index in [1.54, 1.807) is 0 Å². The standard InChI is InChI=1S/C48H29N5O/c1-2-13-30(14-3-1)45-50-46(31-25-27-34(28-26-31)53-40-22-9-6-17-35(40)36-18-7-10-23-41(36)53)52-47(51-45)33-16-12-15-32(29-33)44-38-20-5-4-19-37(38)43-39-21-8-11-24-42(39)54-48(43)49-44/h1-29H. The average molecular weight is 692 g/mol. The van der Waals surface area contributed by atoms with Crippen LogP contribution in [0.5, 0.6) is 0 Å². The van der Waals surface area contributed by atoms with Gasteiger partial charge in [0.05, 0.1) is 22.1 Å². The summed E-state index contributed by atoms with van der Waals surface area (Å²) >= 11 is 0. The zero-order valence-corrected chi connectivity index (χ0v) is 28.9. The second kappa shape index (κ2) is 12.1. The monoisotopic (exact) mass is 691 g/mol. The number of aromatic nitrogens is 5. The molecular formula is C48H29N5O. The van der Waals surface area contributed by atoms with Crippen molar-refractivity contribution in [2.24, 2.45) is 0 Å². The number of nitrogens with zero attached hydrogens (tertiary/aromatic N) is 5. The van der Waals surface area contributed by atoms with Gasteiger partial charge in [0.1, 0.15) is 5.58 Å². The summed E-state index contributed by atoms with van der Waals surface area (Å²) in [4.78, 5) is 20.3. The minimum Gasteiger partial charge on any atom is -0.438 e. The molecule has 6 nitrogen and oxygen atoms in total. The highest BCUT2D eigenvalue weighted by atomic mass is 16.3. The predicted octanol–water partition coefficient (Wildman–Crippen LogP) is 12.1. The van der Waals surface area contributed by atoms with Crippen molar-refractivity contribution in [1.82, 2.24) is 24.5 Å². The Morgan fingerprint density at radius 1 is 0.370 bits per heavy atom. The number of hydrogen-bond donors (Lipinski definition) is 0. The maximum Gasteiger partial charge on any atom is 0.228 e. The molecule has 0 saturated heterocycles. The van der Waals surface area contributed by atoms with E-state index in [1.807, 2.05) is 60.7 Å². The summed E-state index contributed by atoms with van der Waals surface area (Å²) in [6, 6.07) is 60.4. The summed E-state index contributed by atoms with van der Waals surface area (Å²) < 4.78 is 8.61. The van der Waals surface area contributed by atoms with Gasteiger partial charge in [-0.2, -0.15) is 0 Å². The maximum absolute atomic E-state index is 6.30. The number of furan rings is 1. The lowest BCUT2D eigenvalue weighted by Gasteiger charge is -2.12. The molecule has 252 valence electrons. The predicted molar refractivity (Wildman–Crippen MR) is 218 cm³/mol. The van der Waals surface area contributed by atoms with Gasteiger partial charge < -0.3 is 8.98 Å². The molecule has 0 aliphatic rings. The topological polar surface area (TPSA) is 69.6 Å². The summed E-state index contributed by atoms with van der Waals surface area (Å²) in [5.74, 6) is 1.80. The van der Waals surface area contributed by atoms with Crippen molar-refractivity contribution in [3.63, 3.8) is 0 Å². The molecule has 7 aromatic carbocycles. The van der Waals surface area contributed by atoms with E-state index in [4.69, 9.17) is 24.4 Å². The van der Waals surface area contributed by atoms with Crippen LogP contribution in [-0.2, 0) is 0 Å². The third-order valence-electron chi connectivity index (χ3n) is 10.3. The Labute approximate surface area is 309 Å². The van der Waals surface area contributed by atoms with Crippen LogP contribution in [0.2, 0.25) is 0 Å². The quantitative estimate of drug-likeness (QED) is 0.180. The second-order valence-electron chi connectivity index (χ2n) is 13.5. The molecule has 11 aromatic rings. The van der Waals surface area contributed by atoms with Crippen LogP contribution < -0.4 is 0 Å². The Morgan fingerprint density at radius 3 is 1.59 bits per heavy atom. The van der Waals surface area contributed by atoms with E-state index in [0.29, 0.717) is 23.2 Å². The Bertz CT molecular complexity index is 3160. The molecule has 0 fully saturated rings. The fraction of sp³-hybridized carbons (Fsp3) is 0. The van der Waals surface area contributed by atoms with Gasteiger partial charge in [-0.05, 0) is 53.9 Å². The normalized spacial score (nSPS) is 11.7. The third-order valence-corrected chi connectivity index (χ3v) is 10.3. The lowest BCUT2D eigenvalue weighted by atomic mass is 9.99. The van der Waals surface area contributed by atoms with Crippen molar-refractivity contribution < 1.29 is 4.42 Å². The molecule has 0 aliphatic carbocycles. The van der Waals surface area contributed by atoms with E-state index < -0.39 is 0 Å². The van der Waals surface area contributed by atoms with Gasteiger partial charge in [-0.25, -0.2) is 19.9 Å². The fourth-order valence-electron chi connectivity index (χ4n) is 7.78. The van der Waals surface area contributed by atoms with Crippen LogP contribution in [-0.4, -0.2) is 24.5 Å². The summed E-state index contributed by atoms with van der Waals surface area (Å²) in [7, 11) is 0. The van der Waals surface area contributed by atoms with Crippen molar-refractivity contribution >= 4 is 54.6 Å². The third kappa shape index (κ3) is 4.81. The van der Waals surface area contributed by atoms with Crippen LogP contribution in [0, 0.1) is 0 Å². The van der Waals surface area contributed by atoms with Crippen LogP contribution in [0.1, 0.15) is 0 Å². The number of hydrogen-bond acceptors (Lipinski definition) is 5. The van der Waals surface area contributed by atoms with E-state index in [2.05, 4.69) is 120 Å². The number of rotatable bonds is 5. The largest absolute Gasteiger partial charge is 0.438 e. The molecule has 0 spiro atoms. The van der Waals surface area contributed by atoms with Gasteiger partial charge in [0, 0.05) is 49.5 Å². The first-order chi connectivity index (χ1) is 26.8. The number of pyridine rings is 1. The fourth-order valence-corrected chi connectivity index (χ4v) is 7.78. The Balaban J connectivity index is 1.05. The summed E-state index contributed by atoms with van der Waals surface area (Å²) in [6.45, 7) is 0. The van der Waals surface area contributed by atoms with E-state index >= 15 is 0 Å². The van der Waals surface area contributed by atoms with Gasteiger partial charge in [0.2, 0.25) is 5.71 Å². The van der Waals surface area contributed by atoms with Crippen LogP contribution in [0.15, 0.2) is 180 Å². The molecule has 4 aromatic heterocycles. The van der Waals surface area contributed by atoms with Gasteiger partial charge in [0.15, 0.2) is 17.5 Å². The van der Waals surface area contributed by atoms with Gasteiger partial charge >= 0.3 is 0 Å². The molecule has 11 rings (SSSR count). The van der Waals surface area contributed by atoms with Crippen LogP contribution in [0.3, 0.4) is 0 Å². The van der Waals surface area contributed by atoms with Gasteiger partial charge in [-0.15, -0.1) is 0 Å². The zero-order valence-electron chi connectivity index (χ0n) is 28.9. The van der Waals surface area contributed by atoms with E-state index in [0.717, 1.165) is 60.8 Å². The molecule has 4 heterocycles. The highest BCUT2D eigenvalue weighted by Crippen LogP contribution is 2.39. The molecule has 0 unspecified atom stereocenters. The highest BCUT2D eigenvalue weighted by molar-refractivity contribution is 6.20. The van der Waals surface area contributed by atoms with Crippen molar-refractivity contribution in [2.45, 2.75) is 0 Å². The maximum atomic E-state index is 6.30. The molecule has 0 N–H and O–H groups in total. The van der Waals surface area contributed by atoms with Crippen molar-refractivity contribution in [3.05, 3.63) is 176 Å². The van der Waals surface area contributed by atoms with E-state index in [1.165, 1.54) is 21.8 Å². The average Bonchev–Trinajstić information content (AvgIpc) is 3.80. The Kier molecular flexibility index (Phi) is 6.75. The number of benzene rings is 7. The lowest BCUT2D eigenvalue weighted by molar-refractivity contribution is 0.655. The van der Waals surface area contributed by atoms with Gasteiger partial charge in [-0.3, -0.25) is 0 Å². The first-order valence-electron chi connectivity index (χ1n) is 18.0. The van der Waals surface area contributed by atoms with Crippen LogP contribution in [0.25, 0.3) is 106 Å². The smallest absolute Gasteiger partial charge is 0.228 e. The molecule has 0 aliphatic heterocycles. The van der Waals surface area contributed by atoms with Crippen molar-refractivity contribution in [3.8, 4) is 51.1 Å². The van der Waals surface area contributed by atoms with Crippen LogP contribution in [0.4, 0.5) is 0 Å². The van der Waals surface area contributed by atoms with Gasteiger partial charge in [0.25, 0.3) is 0 Å². The second-order valence-corrected chi connectivity index (χ2v) is 13.5. The lowest BCUT2D eigenvalue weighted by Crippen LogP contribution is -2.01. The first-order valence-corrected chi connectivity index (χ1v) is 18.0. The van der Waals surface area contributed by atoms with Crippen molar-refractivity contribution in [2.75, 3.05) is 0 Å². The Morgan fingerprint density at radius 2 is 0.889 bits per heavy atom. The van der Waals surface area contributed by atoms with Crippen LogP contribution >= 0.6 is 0 Å². The number of fused-ring (bicyclic) bond motifs is 8. The first kappa shape index (κ1) is 30.2. The molecule has 0 bridgehead atoms.